The number of phenols is 1. The lowest BCUT2D eigenvalue weighted by molar-refractivity contribution is 0.102. The molecule has 0 aliphatic carbocycles. The van der Waals surface area contributed by atoms with Crippen LogP contribution in [0.4, 0.5) is 17.3 Å². The summed E-state index contributed by atoms with van der Waals surface area (Å²) < 4.78 is 1.29. The second-order valence-electron chi connectivity index (χ2n) is 7.90. The maximum Gasteiger partial charge on any atom is 0.259 e. The van der Waals surface area contributed by atoms with Gasteiger partial charge in [0.2, 0.25) is 0 Å². The van der Waals surface area contributed by atoms with Crippen LogP contribution in [-0.4, -0.2) is 25.5 Å². The summed E-state index contributed by atoms with van der Waals surface area (Å²) in [5.74, 6) is -0.735. The molecule has 1 amide bonds. The number of azo groups is 1. The molecule has 0 unspecified atom stereocenters. The number of fused-ring (bicyclic) bond motifs is 1. The van der Waals surface area contributed by atoms with Gasteiger partial charge in [-0.25, -0.2) is 9.55 Å². The van der Waals surface area contributed by atoms with Gasteiger partial charge in [0, 0.05) is 22.2 Å². The molecule has 11 heteroatoms. The minimum atomic E-state index is -0.551. The molecule has 0 saturated carbocycles. The van der Waals surface area contributed by atoms with Crippen molar-refractivity contribution in [2.24, 2.45) is 10.2 Å². The van der Waals surface area contributed by atoms with Crippen molar-refractivity contribution < 1.29 is 9.90 Å². The second-order valence-corrected chi connectivity index (χ2v) is 8.42. The van der Waals surface area contributed by atoms with Gasteiger partial charge in [0.25, 0.3) is 11.9 Å². The number of nitrogens with zero attached hydrogens (tertiary/aromatic N) is 7. The normalized spacial score (nSPS) is 10.8. The van der Waals surface area contributed by atoms with Crippen LogP contribution in [0.25, 0.3) is 16.6 Å². The fourth-order valence-electron chi connectivity index (χ4n) is 3.79. The molecule has 2 aromatic heterocycles. The van der Waals surface area contributed by atoms with Crippen LogP contribution in [-0.2, 0) is 0 Å². The number of thiol groups is 1. The number of hydrogen-bond donors (Lipinski definition) is 3. The minimum absolute atomic E-state index is 0.0175. The Morgan fingerprint density at radius 1 is 1.00 bits per heavy atom. The lowest BCUT2D eigenvalue weighted by Gasteiger charge is -2.11. The van der Waals surface area contributed by atoms with Crippen LogP contribution >= 0.6 is 12.6 Å². The van der Waals surface area contributed by atoms with Crippen LogP contribution in [0.5, 0.6) is 5.75 Å². The van der Waals surface area contributed by atoms with Crippen LogP contribution in [0.3, 0.4) is 0 Å². The summed E-state index contributed by atoms with van der Waals surface area (Å²) in [6.07, 6.45) is 1.52. The van der Waals surface area contributed by atoms with E-state index in [2.05, 4.69) is 38.1 Å². The summed E-state index contributed by atoms with van der Waals surface area (Å²) in [5, 5.41) is 42.6. The molecule has 0 aliphatic rings. The van der Waals surface area contributed by atoms with Gasteiger partial charge in [-0.1, -0.05) is 30.3 Å². The van der Waals surface area contributed by atoms with Crippen molar-refractivity contribution in [3.8, 4) is 23.7 Å². The summed E-state index contributed by atoms with van der Waals surface area (Å²) in [4.78, 5) is 22.2. The first-order chi connectivity index (χ1) is 18.5. The first-order valence-corrected chi connectivity index (χ1v) is 11.6. The van der Waals surface area contributed by atoms with Crippen LogP contribution in [0, 0.1) is 22.7 Å². The molecule has 0 saturated heterocycles. The number of amides is 1. The minimum Gasteiger partial charge on any atom is -0.505 e. The Kier molecular flexibility index (Phi) is 6.51. The number of aromatic hydroxyl groups is 1. The summed E-state index contributed by atoms with van der Waals surface area (Å²) in [7, 11) is 0. The van der Waals surface area contributed by atoms with E-state index in [1.54, 1.807) is 72.8 Å². The van der Waals surface area contributed by atoms with Crippen molar-refractivity contribution >= 4 is 46.6 Å². The maximum atomic E-state index is 13.1. The first-order valence-electron chi connectivity index (χ1n) is 11.1. The molecule has 10 nitrogen and oxygen atoms in total. The Balaban J connectivity index is 1.63. The van der Waals surface area contributed by atoms with E-state index in [0.717, 1.165) is 4.90 Å². The van der Waals surface area contributed by atoms with E-state index in [1.165, 1.54) is 10.8 Å². The SMILES string of the molecule is N#Cc1nc(N=Nc2c(O)c(C(=O)Nc3ccc(S)cc3)cc3ccccc23)n(-c2ccccn2)c1C#N. The van der Waals surface area contributed by atoms with Gasteiger partial charge in [0.1, 0.15) is 23.6 Å². The Bertz CT molecular complexity index is 1800. The number of pyridine rings is 1. The molecular formula is C27H16N8O2S. The van der Waals surface area contributed by atoms with Gasteiger partial charge < -0.3 is 10.4 Å². The van der Waals surface area contributed by atoms with E-state index < -0.39 is 11.7 Å². The number of benzene rings is 3. The molecule has 0 aliphatic heterocycles. The van der Waals surface area contributed by atoms with Crippen molar-refractivity contribution in [2.45, 2.75) is 4.90 Å². The van der Waals surface area contributed by atoms with Crippen molar-refractivity contribution in [1.82, 2.24) is 14.5 Å². The Labute approximate surface area is 221 Å². The standard InChI is InChI=1S/C27H16N8O2S/c28-14-21-22(15-29)35(23-7-3-4-12-30-23)27(32-21)34-33-24-19-6-2-1-5-16(19)13-20(25(24)36)26(37)31-17-8-10-18(38)11-9-17/h1-13,36,38H,(H,31,37). The van der Waals surface area contributed by atoms with E-state index in [-0.39, 0.29) is 28.6 Å². The monoisotopic (exact) mass is 516 g/mol. The Morgan fingerprint density at radius 3 is 2.47 bits per heavy atom. The number of nitriles is 2. The molecule has 3 aromatic carbocycles. The molecule has 5 aromatic rings. The molecule has 0 bridgehead atoms. The molecule has 0 spiro atoms. The largest absolute Gasteiger partial charge is 0.505 e. The predicted octanol–water partition coefficient (Wildman–Crippen LogP) is 5.83. The van der Waals surface area contributed by atoms with Crippen molar-refractivity contribution in [1.29, 1.82) is 10.5 Å². The topological polar surface area (TPSA) is 152 Å². The number of imidazole rings is 1. The zero-order valence-corrected chi connectivity index (χ0v) is 20.3. The number of aromatic nitrogens is 3. The molecule has 182 valence electrons. The van der Waals surface area contributed by atoms with Gasteiger partial charge in [-0.3, -0.25) is 4.79 Å². The van der Waals surface area contributed by atoms with Gasteiger partial charge in [0.05, 0.1) is 5.56 Å². The third-order valence-electron chi connectivity index (χ3n) is 5.55. The average Bonchev–Trinajstić information content (AvgIpc) is 3.31. The lowest BCUT2D eigenvalue weighted by Crippen LogP contribution is -2.12. The zero-order chi connectivity index (χ0) is 26.6. The Morgan fingerprint density at radius 2 is 1.76 bits per heavy atom. The summed E-state index contributed by atoms with van der Waals surface area (Å²) >= 11 is 4.24. The van der Waals surface area contributed by atoms with Crippen molar-refractivity contribution in [2.75, 3.05) is 5.32 Å². The highest BCUT2D eigenvalue weighted by molar-refractivity contribution is 7.80. The Hall–Kier alpha value is -5.52. The zero-order valence-electron chi connectivity index (χ0n) is 19.4. The third kappa shape index (κ3) is 4.53. The number of nitrogens with one attached hydrogen (secondary N) is 1. The fraction of sp³-hybridized carbons (Fsp3) is 0. The summed E-state index contributed by atoms with van der Waals surface area (Å²) in [5.41, 5.74) is 0.313. The number of hydrogen-bond acceptors (Lipinski definition) is 9. The van der Waals surface area contributed by atoms with Gasteiger partial charge >= 0.3 is 0 Å². The lowest BCUT2D eigenvalue weighted by atomic mass is 10.0. The quantitative estimate of drug-likeness (QED) is 0.197. The van der Waals surface area contributed by atoms with Gasteiger partial charge in [-0.15, -0.1) is 22.9 Å². The highest BCUT2D eigenvalue weighted by atomic mass is 32.1. The van der Waals surface area contributed by atoms with Crippen LogP contribution in [0.2, 0.25) is 0 Å². The summed E-state index contributed by atoms with van der Waals surface area (Å²) in [6.45, 7) is 0. The molecule has 38 heavy (non-hydrogen) atoms. The van der Waals surface area contributed by atoms with Gasteiger partial charge in [-0.2, -0.15) is 15.5 Å². The second kappa shape index (κ2) is 10.2. The molecular weight excluding hydrogens is 500 g/mol. The van der Waals surface area contributed by atoms with Gasteiger partial charge in [-0.05, 0) is 47.9 Å². The molecule has 2 heterocycles. The van der Waals surface area contributed by atoms with E-state index in [4.69, 9.17) is 0 Å². The molecule has 0 atom stereocenters. The smallest absolute Gasteiger partial charge is 0.259 e. The first kappa shape index (κ1) is 24.2. The van der Waals surface area contributed by atoms with Crippen LogP contribution < -0.4 is 5.32 Å². The average molecular weight is 517 g/mol. The van der Waals surface area contributed by atoms with Crippen molar-refractivity contribution in [3.63, 3.8) is 0 Å². The highest BCUT2D eigenvalue weighted by Crippen LogP contribution is 2.40. The number of carbonyl (C=O) groups excluding carboxylic acids is 1. The van der Waals surface area contributed by atoms with Crippen LogP contribution in [0.15, 0.2) is 94.1 Å². The molecule has 2 N–H and O–H groups in total. The number of phenolic OH excluding ortho intramolecular Hbond substituents is 1. The molecule has 5 rings (SSSR count). The predicted molar refractivity (Wildman–Crippen MR) is 142 cm³/mol. The number of anilines is 1. The maximum absolute atomic E-state index is 13.1. The van der Waals surface area contributed by atoms with E-state index in [0.29, 0.717) is 22.3 Å². The molecule has 0 fully saturated rings. The van der Waals surface area contributed by atoms with Crippen molar-refractivity contribution in [3.05, 3.63) is 95.9 Å². The number of rotatable bonds is 5. The summed E-state index contributed by atoms with van der Waals surface area (Å²) in [6, 6.07) is 24.3. The fourth-order valence-corrected chi connectivity index (χ4v) is 3.94. The third-order valence-corrected chi connectivity index (χ3v) is 5.85. The number of carbonyl (C=O) groups is 1. The van der Waals surface area contributed by atoms with E-state index in [1.807, 2.05) is 12.1 Å². The van der Waals surface area contributed by atoms with E-state index in [9.17, 15) is 20.4 Å². The van der Waals surface area contributed by atoms with Gasteiger partial charge in [0.15, 0.2) is 17.1 Å². The molecule has 0 radical (unpaired) electrons. The van der Waals surface area contributed by atoms with E-state index >= 15 is 0 Å². The highest BCUT2D eigenvalue weighted by Gasteiger charge is 2.21. The van der Waals surface area contributed by atoms with Crippen LogP contribution in [0.1, 0.15) is 21.7 Å².